The minimum absolute atomic E-state index is 0.000515. The molecule has 0 unspecified atom stereocenters. The standard InChI is InChI=1S/C23H30O3/c1-14-12-15-13-16(24)4-8-21(15,2)17-5-9-22(3)18(20(14)17)6-10-23(22)11-7-19(25)26-23/h13,17-18,20H,1,4-12H2,2-3H3/t17-,18-,20+,21-,22-,23+/m0/s1. The number of esters is 1. The van der Waals surface area contributed by atoms with Crippen molar-refractivity contribution in [3.8, 4) is 0 Å². The highest BCUT2D eigenvalue weighted by Gasteiger charge is 2.67. The van der Waals surface area contributed by atoms with Gasteiger partial charge in [-0.05, 0) is 74.2 Å². The molecule has 0 amide bonds. The molecular weight excluding hydrogens is 324 g/mol. The fourth-order valence-electron chi connectivity index (χ4n) is 7.73. The minimum Gasteiger partial charge on any atom is -0.458 e. The number of hydrogen-bond donors (Lipinski definition) is 0. The quantitative estimate of drug-likeness (QED) is 0.465. The molecule has 1 aliphatic heterocycles. The van der Waals surface area contributed by atoms with Crippen LogP contribution in [0.3, 0.4) is 0 Å². The van der Waals surface area contributed by atoms with Crippen LogP contribution in [0.2, 0.25) is 0 Å². The van der Waals surface area contributed by atoms with Gasteiger partial charge in [-0.15, -0.1) is 0 Å². The Hall–Kier alpha value is -1.38. The molecule has 26 heavy (non-hydrogen) atoms. The predicted octanol–water partition coefficient (Wildman–Crippen LogP) is 4.76. The second kappa shape index (κ2) is 5.11. The van der Waals surface area contributed by atoms with Gasteiger partial charge >= 0.3 is 5.97 Å². The summed E-state index contributed by atoms with van der Waals surface area (Å²) in [6, 6.07) is 0. The molecule has 5 rings (SSSR count). The Kier molecular flexibility index (Phi) is 3.30. The van der Waals surface area contributed by atoms with Crippen molar-refractivity contribution in [1.82, 2.24) is 0 Å². The molecule has 0 aromatic rings. The van der Waals surface area contributed by atoms with E-state index in [4.69, 9.17) is 4.74 Å². The van der Waals surface area contributed by atoms with E-state index in [1.54, 1.807) is 0 Å². The first-order chi connectivity index (χ1) is 12.3. The molecular formula is C23H30O3. The van der Waals surface area contributed by atoms with E-state index in [1.165, 1.54) is 11.1 Å². The van der Waals surface area contributed by atoms with Gasteiger partial charge in [0.15, 0.2) is 5.78 Å². The molecule has 1 heterocycles. The number of carbonyl (C=O) groups is 2. The lowest BCUT2D eigenvalue weighted by Crippen LogP contribution is -2.55. The second-order valence-electron chi connectivity index (χ2n) is 10.1. The topological polar surface area (TPSA) is 43.4 Å². The Labute approximate surface area is 156 Å². The van der Waals surface area contributed by atoms with E-state index in [9.17, 15) is 9.59 Å². The molecule has 3 heteroatoms. The van der Waals surface area contributed by atoms with Gasteiger partial charge in [0.1, 0.15) is 5.60 Å². The zero-order valence-electron chi connectivity index (χ0n) is 16.1. The van der Waals surface area contributed by atoms with Crippen LogP contribution in [0.4, 0.5) is 0 Å². The van der Waals surface area contributed by atoms with Crippen molar-refractivity contribution in [3.05, 3.63) is 23.8 Å². The van der Waals surface area contributed by atoms with Crippen LogP contribution in [0.1, 0.15) is 71.6 Å². The maximum Gasteiger partial charge on any atom is 0.306 e. The Morgan fingerprint density at radius 1 is 1.04 bits per heavy atom. The smallest absolute Gasteiger partial charge is 0.306 e. The molecule has 6 atom stereocenters. The van der Waals surface area contributed by atoms with Crippen molar-refractivity contribution in [2.75, 3.05) is 0 Å². The Morgan fingerprint density at radius 2 is 1.81 bits per heavy atom. The van der Waals surface area contributed by atoms with Crippen LogP contribution in [0, 0.1) is 28.6 Å². The lowest BCUT2D eigenvalue weighted by Gasteiger charge is -2.59. The summed E-state index contributed by atoms with van der Waals surface area (Å²) in [5.41, 5.74) is 2.68. The molecule has 1 spiro atoms. The largest absolute Gasteiger partial charge is 0.458 e. The minimum atomic E-state index is -0.223. The molecule has 5 aliphatic rings. The van der Waals surface area contributed by atoms with Gasteiger partial charge < -0.3 is 4.74 Å². The highest BCUT2D eigenvalue weighted by atomic mass is 16.6. The highest BCUT2D eigenvalue weighted by Crippen LogP contribution is 2.70. The van der Waals surface area contributed by atoms with Gasteiger partial charge in [-0.25, -0.2) is 0 Å². The number of ketones is 1. The third-order valence-electron chi connectivity index (χ3n) is 9.27. The summed E-state index contributed by atoms with van der Waals surface area (Å²) in [5.74, 6) is 1.97. The molecule has 0 N–H and O–H groups in total. The van der Waals surface area contributed by atoms with Gasteiger partial charge in [0.2, 0.25) is 0 Å². The molecule has 4 aliphatic carbocycles. The number of allylic oxidation sites excluding steroid dienone is 2. The first-order valence-corrected chi connectivity index (χ1v) is 10.4. The Balaban J connectivity index is 1.54. The molecule has 4 fully saturated rings. The summed E-state index contributed by atoms with van der Waals surface area (Å²) in [4.78, 5) is 24.0. The molecule has 1 saturated heterocycles. The monoisotopic (exact) mass is 354 g/mol. The third kappa shape index (κ3) is 1.90. The molecule has 3 nitrogen and oxygen atoms in total. The number of fused-ring (bicyclic) bond motifs is 6. The van der Waals surface area contributed by atoms with Gasteiger partial charge in [0.05, 0.1) is 0 Å². The summed E-state index contributed by atoms with van der Waals surface area (Å²) in [7, 11) is 0. The SMILES string of the molecule is C=C1CC2=CC(=O)CC[C@]2(C)[C@H]2CC[C@@]3(C)[C@@H](CC[C@@]34CCC(=O)O4)[C@H]12. The van der Waals surface area contributed by atoms with Gasteiger partial charge in [-0.1, -0.05) is 31.6 Å². The zero-order valence-corrected chi connectivity index (χ0v) is 16.1. The molecule has 140 valence electrons. The highest BCUT2D eigenvalue weighted by molar-refractivity contribution is 5.91. The molecule has 3 saturated carbocycles. The van der Waals surface area contributed by atoms with E-state index in [2.05, 4.69) is 20.4 Å². The molecule has 0 radical (unpaired) electrons. The van der Waals surface area contributed by atoms with Gasteiger partial charge in [0.25, 0.3) is 0 Å². The van der Waals surface area contributed by atoms with E-state index in [0.29, 0.717) is 36.4 Å². The Bertz CT molecular complexity index is 749. The second-order valence-corrected chi connectivity index (χ2v) is 10.1. The van der Waals surface area contributed by atoms with Crippen LogP contribution >= 0.6 is 0 Å². The predicted molar refractivity (Wildman–Crippen MR) is 99.3 cm³/mol. The maximum atomic E-state index is 12.0. The van der Waals surface area contributed by atoms with Crippen LogP contribution in [0.15, 0.2) is 23.8 Å². The first kappa shape index (κ1) is 16.8. The van der Waals surface area contributed by atoms with Crippen LogP contribution in [0.25, 0.3) is 0 Å². The summed E-state index contributed by atoms with van der Waals surface area (Å²) >= 11 is 0. The van der Waals surface area contributed by atoms with Crippen molar-refractivity contribution >= 4 is 11.8 Å². The molecule has 0 bridgehead atoms. The summed E-state index contributed by atoms with van der Waals surface area (Å²) in [6.07, 6.45) is 10.5. The van der Waals surface area contributed by atoms with E-state index in [1.807, 2.05) is 6.08 Å². The number of ether oxygens (including phenoxy) is 1. The van der Waals surface area contributed by atoms with Gasteiger partial charge in [0, 0.05) is 18.3 Å². The lowest BCUT2D eigenvalue weighted by molar-refractivity contribution is -0.166. The van der Waals surface area contributed by atoms with Crippen LogP contribution in [0.5, 0.6) is 0 Å². The fourth-order valence-corrected chi connectivity index (χ4v) is 7.73. The van der Waals surface area contributed by atoms with Crippen molar-refractivity contribution in [3.63, 3.8) is 0 Å². The third-order valence-corrected chi connectivity index (χ3v) is 9.27. The molecule has 0 aromatic carbocycles. The van der Waals surface area contributed by atoms with Crippen LogP contribution < -0.4 is 0 Å². The van der Waals surface area contributed by atoms with Crippen molar-refractivity contribution < 1.29 is 14.3 Å². The van der Waals surface area contributed by atoms with Crippen molar-refractivity contribution in [2.45, 2.75) is 77.2 Å². The Morgan fingerprint density at radius 3 is 2.54 bits per heavy atom. The van der Waals surface area contributed by atoms with Crippen LogP contribution in [-0.4, -0.2) is 17.4 Å². The van der Waals surface area contributed by atoms with E-state index < -0.39 is 0 Å². The normalized spacial score (nSPS) is 50.2. The van der Waals surface area contributed by atoms with E-state index >= 15 is 0 Å². The first-order valence-electron chi connectivity index (χ1n) is 10.4. The zero-order chi connectivity index (χ0) is 18.3. The number of hydrogen-bond acceptors (Lipinski definition) is 3. The van der Waals surface area contributed by atoms with Gasteiger partial charge in [-0.3, -0.25) is 9.59 Å². The van der Waals surface area contributed by atoms with E-state index in [0.717, 1.165) is 44.9 Å². The maximum absolute atomic E-state index is 12.0. The van der Waals surface area contributed by atoms with Gasteiger partial charge in [-0.2, -0.15) is 0 Å². The summed E-state index contributed by atoms with van der Waals surface area (Å²) in [6.45, 7) is 9.30. The fraction of sp³-hybridized carbons (Fsp3) is 0.739. The summed E-state index contributed by atoms with van der Waals surface area (Å²) < 4.78 is 6.02. The molecule has 0 aromatic heterocycles. The van der Waals surface area contributed by atoms with E-state index in [-0.39, 0.29) is 22.4 Å². The van der Waals surface area contributed by atoms with Crippen molar-refractivity contribution in [2.24, 2.45) is 28.6 Å². The average molecular weight is 354 g/mol. The lowest BCUT2D eigenvalue weighted by atomic mass is 9.45. The van der Waals surface area contributed by atoms with Crippen LogP contribution in [-0.2, 0) is 14.3 Å². The average Bonchev–Trinajstić information content (AvgIpc) is 3.11. The number of carbonyl (C=O) groups excluding carboxylic acids is 2. The van der Waals surface area contributed by atoms with Crippen molar-refractivity contribution in [1.29, 1.82) is 0 Å². The summed E-state index contributed by atoms with van der Waals surface area (Å²) in [5, 5.41) is 0. The number of rotatable bonds is 0.